The average Bonchev–Trinajstić information content (AvgIpc) is 2.84. The maximum atomic E-state index is 12.6. The lowest BCUT2D eigenvalue weighted by atomic mass is 10.0. The maximum absolute atomic E-state index is 12.6. The van der Waals surface area contributed by atoms with Crippen molar-refractivity contribution in [2.24, 2.45) is 0 Å². The molecular formula is C16H11Cl2NO. The highest BCUT2D eigenvalue weighted by atomic mass is 35.5. The van der Waals surface area contributed by atoms with Gasteiger partial charge in [0.1, 0.15) is 0 Å². The second-order valence-corrected chi connectivity index (χ2v) is 5.53. The number of aryl methyl sites for hydroxylation is 1. The van der Waals surface area contributed by atoms with Crippen LogP contribution in [0, 0.1) is 6.92 Å². The first kappa shape index (κ1) is 13.2. The fourth-order valence-corrected chi connectivity index (χ4v) is 2.52. The van der Waals surface area contributed by atoms with E-state index in [1.165, 1.54) is 0 Å². The predicted octanol–water partition coefficient (Wildman–Crippen LogP) is 5.01. The van der Waals surface area contributed by atoms with Crippen molar-refractivity contribution in [1.29, 1.82) is 0 Å². The molecule has 0 atom stereocenters. The van der Waals surface area contributed by atoms with Gasteiger partial charge in [-0.15, -0.1) is 0 Å². The van der Waals surface area contributed by atoms with Crippen LogP contribution in [0.15, 0.2) is 42.6 Å². The van der Waals surface area contributed by atoms with Crippen LogP contribution in [-0.2, 0) is 0 Å². The van der Waals surface area contributed by atoms with E-state index in [1.54, 1.807) is 36.5 Å². The first-order chi connectivity index (χ1) is 9.56. The van der Waals surface area contributed by atoms with Gasteiger partial charge in [0.25, 0.3) is 0 Å². The van der Waals surface area contributed by atoms with Crippen LogP contribution in [0.1, 0.15) is 21.5 Å². The Morgan fingerprint density at radius 1 is 1.10 bits per heavy atom. The van der Waals surface area contributed by atoms with Crippen molar-refractivity contribution in [2.45, 2.75) is 6.92 Å². The Morgan fingerprint density at radius 3 is 2.65 bits per heavy atom. The molecule has 1 heterocycles. The van der Waals surface area contributed by atoms with E-state index in [9.17, 15) is 4.79 Å². The third kappa shape index (κ3) is 2.21. The standard InChI is InChI=1S/C16H11Cl2NO/c1-9-6-10(2-5-14(9)18)16(20)13-8-19-15-7-11(17)3-4-12(13)15/h2-8,19H,1H3. The molecule has 0 aliphatic rings. The molecule has 3 rings (SSSR count). The van der Waals surface area contributed by atoms with Gasteiger partial charge in [0, 0.05) is 38.3 Å². The molecule has 0 bridgehead atoms. The van der Waals surface area contributed by atoms with E-state index in [4.69, 9.17) is 23.2 Å². The predicted molar refractivity (Wildman–Crippen MR) is 82.9 cm³/mol. The number of aromatic amines is 1. The third-order valence-corrected chi connectivity index (χ3v) is 3.97. The summed E-state index contributed by atoms with van der Waals surface area (Å²) in [6.45, 7) is 1.88. The van der Waals surface area contributed by atoms with Crippen LogP contribution in [-0.4, -0.2) is 10.8 Å². The highest BCUT2D eigenvalue weighted by molar-refractivity contribution is 6.32. The lowest BCUT2D eigenvalue weighted by Crippen LogP contribution is -2.00. The van der Waals surface area contributed by atoms with Gasteiger partial charge in [-0.25, -0.2) is 0 Å². The van der Waals surface area contributed by atoms with E-state index in [0.29, 0.717) is 21.2 Å². The third-order valence-electron chi connectivity index (χ3n) is 3.31. The van der Waals surface area contributed by atoms with E-state index >= 15 is 0 Å². The van der Waals surface area contributed by atoms with Crippen LogP contribution < -0.4 is 0 Å². The van der Waals surface area contributed by atoms with Crippen LogP contribution >= 0.6 is 23.2 Å². The molecule has 0 amide bonds. The summed E-state index contributed by atoms with van der Waals surface area (Å²) >= 11 is 11.9. The van der Waals surface area contributed by atoms with Gasteiger partial charge in [-0.2, -0.15) is 0 Å². The normalized spacial score (nSPS) is 10.9. The van der Waals surface area contributed by atoms with E-state index in [2.05, 4.69) is 4.98 Å². The minimum atomic E-state index is -0.0293. The Labute approximate surface area is 126 Å². The number of fused-ring (bicyclic) bond motifs is 1. The Bertz CT molecular complexity index is 820. The second kappa shape index (κ2) is 4.97. The van der Waals surface area contributed by atoms with E-state index in [1.807, 2.05) is 13.0 Å². The minimum Gasteiger partial charge on any atom is -0.360 e. The largest absolute Gasteiger partial charge is 0.360 e. The van der Waals surface area contributed by atoms with Crippen LogP contribution in [0.4, 0.5) is 0 Å². The van der Waals surface area contributed by atoms with Crippen LogP contribution in [0.3, 0.4) is 0 Å². The summed E-state index contributed by atoms with van der Waals surface area (Å²) < 4.78 is 0. The molecule has 2 nitrogen and oxygen atoms in total. The number of nitrogens with one attached hydrogen (secondary N) is 1. The lowest BCUT2D eigenvalue weighted by molar-refractivity contribution is 0.104. The Kier molecular flexibility index (Phi) is 3.28. The first-order valence-corrected chi connectivity index (χ1v) is 6.89. The highest BCUT2D eigenvalue weighted by Gasteiger charge is 2.15. The number of hydrogen-bond donors (Lipinski definition) is 1. The van der Waals surface area contributed by atoms with Crippen LogP contribution in [0.25, 0.3) is 10.9 Å². The number of rotatable bonds is 2. The van der Waals surface area contributed by atoms with Gasteiger partial charge in [0.05, 0.1) is 0 Å². The number of benzene rings is 2. The molecule has 0 unspecified atom stereocenters. The smallest absolute Gasteiger partial charge is 0.195 e. The summed E-state index contributed by atoms with van der Waals surface area (Å²) in [5.41, 5.74) is 3.01. The molecule has 0 radical (unpaired) electrons. The molecule has 20 heavy (non-hydrogen) atoms. The molecule has 4 heteroatoms. The number of carbonyl (C=O) groups is 1. The Hall–Kier alpha value is -1.77. The topological polar surface area (TPSA) is 32.9 Å². The molecule has 3 aromatic rings. The zero-order chi connectivity index (χ0) is 14.3. The number of H-pyrrole nitrogens is 1. The van der Waals surface area contributed by atoms with Gasteiger partial charge in [-0.1, -0.05) is 29.3 Å². The van der Waals surface area contributed by atoms with Crippen molar-refractivity contribution in [1.82, 2.24) is 4.98 Å². The van der Waals surface area contributed by atoms with Crippen molar-refractivity contribution in [3.63, 3.8) is 0 Å². The molecule has 0 spiro atoms. The molecule has 0 aliphatic heterocycles. The van der Waals surface area contributed by atoms with Crippen molar-refractivity contribution in [3.05, 3.63) is 69.3 Å². The summed E-state index contributed by atoms with van der Waals surface area (Å²) in [7, 11) is 0. The molecule has 0 saturated carbocycles. The zero-order valence-corrected chi connectivity index (χ0v) is 12.2. The second-order valence-electron chi connectivity index (χ2n) is 4.69. The summed E-state index contributed by atoms with van der Waals surface area (Å²) in [6.07, 6.45) is 1.72. The maximum Gasteiger partial charge on any atom is 0.195 e. The molecule has 1 N–H and O–H groups in total. The van der Waals surface area contributed by atoms with Gasteiger partial charge in [-0.05, 0) is 42.8 Å². The quantitative estimate of drug-likeness (QED) is 0.663. The van der Waals surface area contributed by atoms with Crippen molar-refractivity contribution >= 4 is 39.9 Å². The average molecular weight is 304 g/mol. The molecule has 0 fully saturated rings. The zero-order valence-electron chi connectivity index (χ0n) is 10.7. The molecule has 1 aromatic heterocycles. The number of halogens is 2. The monoisotopic (exact) mass is 303 g/mol. The number of ketones is 1. The van der Waals surface area contributed by atoms with Crippen LogP contribution in [0.2, 0.25) is 10.0 Å². The number of carbonyl (C=O) groups excluding carboxylic acids is 1. The fraction of sp³-hybridized carbons (Fsp3) is 0.0625. The summed E-state index contributed by atoms with van der Waals surface area (Å²) in [5, 5.41) is 2.17. The van der Waals surface area contributed by atoms with Crippen LogP contribution in [0.5, 0.6) is 0 Å². The van der Waals surface area contributed by atoms with Crippen molar-refractivity contribution < 1.29 is 4.79 Å². The molecule has 100 valence electrons. The molecule has 2 aromatic carbocycles. The van der Waals surface area contributed by atoms with Gasteiger partial charge in [-0.3, -0.25) is 4.79 Å². The molecule has 0 aliphatic carbocycles. The van der Waals surface area contributed by atoms with Gasteiger partial charge >= 0.3 is 0 Å². The van der Waals surface area contributed by atoms with E-state index in [-0.39, 0.29) is 5.78 Å². The molecular weight excluding hydrogens is 293 g/mol. The first-order valence-electron chi connectivity index (χ1n) is 6.14. The SMILES string of the molecule is Cc1cc(C(=O)c2c[nH]c3cc(Cl)ccc23)ccc1Cl. The van der Waals surface area contributed by atoms with E-state index < -0.39 is 0 Å². The Morgan fingerprint density at radius 2 is 1.90 bits per heavy atom. The van der Waals surface area contributed by atoms with Gasteiger partial charge < -0.3 is 4.98 Å². The highest BCUT2D eigenvalue weighted by Crippen LogP contribution is 2.25. The number of aromatic nitrogens is 1. The van der Waals surface area contributed by atoms with Gasteiger partial charge in [0.15, 0.2) is 5.78 Å². The number of hydrogen-bond acceptors (Lipinski definition) is 1. The van der Waals surface area contributed by atoms with Crippen molar-refractivity contribution in [3.8, 4) is 0 Å². The molecule has 0 saturated heterocycles. The lowest BCUT2D eigenvalue weighted by Gasteiger charge is -2.03. The summed E-state index contributed by atoms with van der Waals surface area (Å²) in [6, 6.07) is 10.7. The van der Waals surface area contributed by atoms with Crippen molar-refractivity contribution in [2.75, 3.05) is 0 Å². The summed E-state index contributed by atoms with van der Waals surface area (Å²) in [5.74, 6) is -0.0293. The van der Waals surface area contributed by atoms with Gasteiger partial charge in [0.2, 0.25) is 0 Å². The minimum absolute atomic E-state index is 0.0293. The fourth-order valence-electron chi connectivity index (χ4n) is 2.23. The Balaban J connectivity index is 2.10. The van der Waals surface area contributed by atoms with E-state index in [0.717, 1.165) is 16.5 Å². The summed E-state index contributed by atoms with van der Waals surface area (Å²) in [4.78, 5) is 15.6.